The van der Waals surface area contributed by atoms with Crippen molar-refractivity contribution in [1.82, 2.24) is 4.90 Å². The Morgan fingerprint density at radius 1 is 0.667 bits per heavy atom. The predicted molar refractivity (Wildman–Crippen MR) is 75.5 cm³/mol. The van der Waals surface area contributed by atoms with Crippen LogP contribution in [0.1, 0.15) is 64.2 Å². The van der Waals surface area contributed by atoms with Gasteiger partial charge in [-0.1, -0.05) is 38.5 Å². The lowest BCUT2D eigenvalue weighted by Crippen LogP contribution is -2.41. The van der Waals surface area contributed by atoms with Crippen molar-refractivity contribution in [1.29, 1.82) is 0 Å². The summed E-state index contributed by atoms with van der Waals surface area (Å²) >= 11 is 0. The zero-order valence-electron chi connectivity index (χ0n) is 12.0. The van der Waals surface area contributed by atoms with Gasteiger partial charge in [-0.05, 0) is 56.4 Å². The third-order valence-corrected chi connectivity index (χ3v) is 7.06. The highest BCUT2D eigenvalue weighted by molar-refractivity contribution is 5.04. The minimum atomic E-state index is 0.967. The van der Waals surface area contributed by atoms with Gasteiger partial charge in [-0.3, -0.25) is 4.90 Å². The molecule has 3 saturated carbocycles. The molecular formula is C17H29N. The summed E-state index contributed by atoms with van der Waals surface area (Å²) in [7, 11) is 2.46. The molecule has 0 radical (unpaired) electrons. The molecule has 1 nitrogen and oxygen atoms in total. The van der Waals surface area contributed by atoms with E-state index in [9.17, 15) is 0 Å². The first-order valence-electron chi connectivity index (χ1n) is 8.56. The maximum atomic E-state index is 2.83. The van der Waals surface area contributed by atoms with Gasteiger partial charge in [-0.2, -0.15) is 0 Å². The van der Waals surface area contributed by atoms with E-state index in [1.54, 1.807) is 32.1 Å². The summed E-state index contributed by atoms with van der Waals surface area (Å²) in [6.45, 7) is 0. The fourth-order valence-corrected chi connectivity index (χ4v) is 6.22. The van der Waals surface area contributed by atoms with Crippen LogP contribution in [0.2, 0.25) is 0 Å². The summed E-state index contributed by atoms with van der Waals surface area (Å²) in [5.41, 5.74) is 0. The van der Waals surface area contributed by atoms with Gasteiger partial charge in [0.2, 0.25) is 0 Å². The molecule has 3 aliphatic carbocycles. The van der Waals surface area contributed by atoms with Crippen molar-refractivity contribution in [3.8, 4) is 0 Å². The van der Waals surface area contributed by atoms with Crippen LogP contribution in [0.3, 0.4) is 0 Å². The van der Waals surface area contributed by atoms with Gasteiger partial charge in [0.15, 0.2) is 0 Å². The first-order valence-corrected chi connectivity index (χ1v) is 8.56. The molecule has 4 rings (SSSR count). The highest BCUT2D eigenvalue weighted by atomic mass is 15.2. The minimum Gasteiger partial charge on any atom is -0.300 e. The van der Waals surface area contributed by atoms with Crippen molar-refractivity contribution in [2.45, 2.75) is 76.3 Å². The summed E-state index contributed by atoms with van der Waals surface area (Å²) in [4.78, 5) is 2.83. The maximum Gasteiger partial charge on any atom is 0.0130 e. The van der Waals surface area contributed by atoms with Crippen molar-refractivity contribution < 1.29 is 0 Å². The SMILES string of the molecule is CN1C2CCCCC2C2CC3CCCCC3CC21. The van der Waals surface area contributed by atoms with E-state index in [0.717, 1.165) is 35.8 Å². The van der Waals surface area contributed by atoms with Crippen LogP contribution in [0.25, 0.3) is 0 Å². The average molecular weight is 247 g/mol. The monoisotopic (exact) mass is 247 g/mol. The fourth-order valence-electron chi connectivity index (χ4n) is 6.22. The Morgan fingerprint density at radius 2 is 1.33 bits per heavy atom. The zero-order chi connectivity index (χ0) is 12.1. The highest BCUT2D eigenvalue weighted by Gasteiger charge is 2.51. The van der Waals surface area contributed by atoms with Gasteiger partial charge in [-0.15, -0.1) is 0 Å². The quantitative estimate of drug-likeness (QED) is 0.623. The molecule has 6 atom stereocenters. The van der Waals surface area contributed by atoms with Gasteiger partial charge in [-0.25, -0.2) is 0 Å². The molecule has 6 unspecified atom stereocenters. The Bertz CT molecular complexity index is 313. The predicted octanol–water partition coefficient (Wildman–Crippen LogP) is 4.08. The van der Waals surface area contributed by atoms with Crippen molar-refractivity contribution in [2.24, 2.45) is 23.7 Å². The summed E-state index contributed by atoms with van der Waals surface area (Å²) in [5, 5.41) is 0. The molecule has 1 aliphatic heterocycles. The van der Waals surface area contributed by atoms with Crippen LogP contribution in [-0.2, 0) is 0 Å². The van der Waals surface area contributed by atoms with Crippen LogP contribution in [0, 0.1) is 23.7 Å². The van der Waals surface area contributed by atoms with Crippen molar-refractivity contribution in [3.05, 3.63) is 0 Å². The standard InChI is InChI=1S/C17H29N/c1-18-16-9-5-4-8-14(16)15-10-12-6-2-3-7-13(12)11-17(15)18/h12-17H,2-11H2,1H3. The first-order chi connectivity index (χ1) is 8.84. The van der Waals surface area contributed by atoms with Crippen LogP contribution in [0.15, 0.2) is 0 Å². The minimum absolute atomic E-state index is 0.967. The highest BCUT2D eigenvalue weighted by Crippen LogP contribution is 2.53. The van der Waals surface area contributed by atoms with Crippen LogP contribution >= 0.6 is 0 Å². The third-order valence-electron chi connectivity index (χ3n) is 7.06. The van der Waals surface area contributed by atoms with Crippen molar-refractivity contribution in [2.75, 3.05) is 7.05 Å². The van der Waals surface area contributed by atoms with E-state index in [4.69, 9.17) is 0 Å². The van der Waals surface area contributed by atoms with E-state index >= 15 is 0 Å². The molecule has 0 spiro atoms. The molecule has 1 saturated heterocycles. The zero-order valence-corrected chi connectivity index (χ0v) is 12.0. The molecule has 102 valence electrons. The molecule has 0 aromatic rings. The first kappa shape index (κ1) is 11.8. The van der Waals surface area contributed by atoms with Gasteiger partial charge in [0, 0.05) is 12.1 Å². The topological polar surface area (TPSA) is 3.24 Å². The number of rotatable bonds is 0. The van der Waals surface area contributed by atoms with E-state index in [1.165, 1.54) is 32.1 Å². The lowest BCUT2D eigenvalue weighted by Gasteiger charge is -2.43. The fraction of sp³-hybridized carbons (Fsp3) is 1.00. The van der Waals surface area contributed by atoms with Gasteiger partial charge >= 0.3 is 0 Å². The summed E-state index contributed by atoms with van der Waals surface area (Å²) in [6, 6.07) is 1.94. The van der Waals surface area contributed by atoms with Crippen LogP contribution in [0.5, 0.6) is 0 Å². The molecule has 0 amide bonds. The van der Waals surface area contributed by atoms with Crippen molar-refractivity contribution in [3.63, 3.8) is 0 Å². The maximum absolute atomic E-state index is 2.83. The largest absolute Gasteiger partial charge is 0.300 e. The Hall–Kier alpha value is -0.0400. The lowest BCUT2D eigenvalue weighted by molar-refractivity contribution is 0.0731. The molecule has 18 heavy (non-hydrogen) atoms. The van der Waals surface area contributed by atoms with Crippen molar-refractivity contribution >= 4 is 0 Å². The van der Waals surface area contributed by atoms with Crippen LogP contribution in [-0.4, -0.2) is 24.0 Å². The molecule has 0 aromatic carbocycles. The lowest BCUT2D eigenvalue weighted by atomic mass is 9.63. The van der Waals surface area contributed by atoms with Crippen LogP contribution < -0.4 is 0 Å². The van der Waals surface area contributed by atoms with E-state index in [2.05, 4.69) is 11.9 Å². The smallest absolute Gasteiger partial charge is 0.0130 e. The molecule has 0 N–H and O–H groups in total. The van der Waals surface area contributed by atoms with Gasteiger partial charge < -0.3 is 0 Å². The normalized spacial score (nSPS) is 52.5. The summed E-state index contributed by atoms with van der Waals surface area (Å²) in [5.74, 6) is 4.38. The second kappa shape index (κ2) is 4.51. The summed E-state index contributed by atoms with van der Waals surface area (Å²) < 4.78 is 0. The van der Waals surface area contributed by atoms with Gasteiger partial charge in [0.05, 0.1) is 0 Å². The van der Waals surface area contributed by atoms with Gasteiger partial charge in [0.25, 0.3) is 0 Å². The second-order valence-corrected chi connectivity index (χ2v) is 7.69. The molecule has 1 heteroatoms. The average Bonchev–Trinajstić information content (AvgIpc) is 2.71. The molecule has 4 aliphatic rings. The van der Waals surface area contributed by atoms with E-state index in [-0.39, 0.29) is 0 Å². The third kappa shape index (κ3) is 1.69. The van der Waals surface area contributed by atoms with E-state index in [0.29, 0.717) is 0 Å². The van der Waals surface area contributed by atoms with Gasteiger partial charge in [0.1, 0.15) is 0 Å². The number of fused-ring (bicyclic) bond motifs is 4. The molecule has 0 bridgehead atoms. The number of hydrogen-bond acceptors (Lipinski definition) is 1. The second-order valence-electron chi connectivity index (χ2n) is 7.69. The number of likely N-dealkylation sites (tertiary alicyclic amines) is 1. The number of hydrogen-bond donors (Lipinski definition) is 0. The van der Waals surface area contributed by atoms with E-state index < -0.39 is 0 Å². The Morgan fingerprint density at radius 3 is 2.17 bits per heavy atom. The Kier molecular flexibility index (Phi) is 2.94. The van der Waals surface area contributed by atoms with E-state index in [1.807, 2.05) is 0 Å². The Balaban J connectivity index is 1.57. The summed E-state index contributed by atoms with van der Waals surface area (Å²) in [6.07, 6.45) is 15.4. The molecule has 0 aromatic heterocycles. The molecule has 4 fully saturated rings. The Labute approximate surface area is 112 Å². The number of nitrogens with zero attached hydrogens (tertiary/aromatic N) is 1. The molecular weight excluding hydrogens is 218 g/mol. The molecule has 1 heterocycles. The van der Waals surface area contributed by atoms with Crippen LogP contribution in [0.4, 0.5) is 0 Å².